The van der Waals surface area contributed by atoms with Gasteiger partial charge in [0, 0.05) is 12.6 Å². The van der Waals surface area contributed by atoms with Gasteiger partial charge in [-0.05, 0) is 0 Å². The van der Waals surface area contributed by atoms with Crippen LogP contribution in [0.1, 0.15) is 10.5 Å². The summed E-state index contributed by atoms with van der Waals surface area (Å²) in [4.78, 5) is 37.5. The second-order valence-corrected chi connectivity index (χ2v) is 4.16. The molecule has 0 spiro atoms. The van der Waals surface area contributed by atoms with E-state index in [-0.39, 0.29) is 24.5 Å². The average molecular weight is 283 g/mol. The number of rotatable bonds is 3. The minimum absolute atomic E-state index is 0.0539. The molecule has 1 unspecified atom stereocenters. The lowest BCUT2D eigenvalue weighted by molar-refractivity contribution is -0.384. The molecular weight excluding hydrogens is 270 g/mol. The first-order chi connectivity index (χ1) is 9.52. The van der Waals surface area contributed by atoms with Gasteiger partial charge in [-0.2, -0.15) is 0 Å². The SMILES string of the molecule is COC(=O)C1CN(C(=O)c2cc([N+](=O)[O-])c[nH]2)CCO1. The zero-order chi connectivity index (χ0) is 14.7. The number of nitro groups is 1. The van der Waals surface area contributed by atoms with Crippen LogP contribution >= 0.6 is 0 Å². The molecule has 9 nitrogen and oxygen atoms in total. The van der Waals surface area contributed by atoms with Crippen LogP contribution < -0.4 is 0 Å². The lowest BCUT2D eigenvalue weighted by Gasteiger charge is -2.31. The largest absolute Gasteiger partial charge is 0.467 e. The molecule has 0 saturated carbocycles. The maximum absolute atomic E-state index is 12.2. The number of amides is 1. The van der Waals surface area contributed by atoms with E-state index in [9.17, 15) is 19.7 Å². The maximum Gasteiger partial charge on any atom is 0.336 e. The van der Waals surface area contributed by atoms with E-state index < -0.39 is 22.9 Å². The lowest BCUT2D eigenvalue weighted by atomic mass is 10.2. The third kappa shape index (κ3) is 2.77. The Bertz CT molecular complexity index is 540. The summed E-state index contributed by atoms with van der Waals surface area (Å²) in [6.07, 6.45) is 0.313. The summed E-state index contributed by atoms with van der Waals surface area (Å²) < 4.78 is 9.76. The van der Waals surface area contributed by atoms with Gasteiger partial charge in [-0.3, -0.25) is 14.9 Å². The molecule has 9 heteroatoms. The van der Waals surface area contributed by atoms with Crippen molar-refractivity contribution in [3.05, 3.63) is 28.1 Å². The lowest BCUT2D eigenvalue weighted by Crippen LogP contribution is -2.49. The number of hydrogen-bond acceptors (Lipinski definition) is 6. The van der Waals surface area contributed by atoms with Crippen LogP contribution in [0.25, 0.3) is 0 Å². The van der Waals surface area contributed by atoms with Crippen molar-refractivity contribution in [3.63, 3.8) is 0 Å². The molecule has 1 N–H and O–H groups in total. The van der Waals surface area contributed by atoms with E-state index in [1.165, 1.54) is 12.0 Å². The molecule has 1 saturated heterocycles. The number of H-pyrrole nitrogens is 1. The molecule has 1 aliphatic heterocycles. The molecule has 0 aliphatic carbocycles. The molecule has 1 amide bonds. The zero-order valence-corrected chi connectivity index (χ0v) is 10.7. The summed E-state index contributed by atoms with van der Waals surface area (Å²) in [5.41, 5.74) is -0.0895. The fourth-order valence-corrected chi connectivity index (χ4v) is 1.89. The smallest absolute Gasteiger partial charge is 0.336 e. The normalized spacial score (nSPS) is 18.6. The first-order valence-electron chi connectivity index (χ1n) is 5.84. The number of carbonyl (C=O) groups excluding carboxylic acids is 2. The summed E-state index contributed by atoms with van der Waals surface area (Å²) in [5.74, 6) is -0.977. The first-order valence-corrected chi connectivity index (χ1v) is 5.84. The van der Waals surface area contributed by atoms with Crippen LogP contribution in [0.2, 0.25) is 0 Å². The number of hydrogen-bond donors (Lipinski definition) is 1. The Morgan fingerprint density at radius 3 is 2.95 bits per heavy atom. The van der Waals surface area contributed by atoms with Crippen LogP contribution in [-0.4, -0.2) is 59.6 Å². The molecule has 108 valence electrons. The van der Waals surface area contributed by atoms with Crippen molar-refractivity contribution in [1.82, 2.24) is 9.88 Å². The van der Waals surface area contributed by atoms with E-state index in [1.54, 1.807) is 0 Å². The quantitative estimate of drug-likeness (QED) is 0.472. The third-order valence-electron chi connectivity index (χ3n) is 2.93. The fourth-order valence-electron chi connectivity index (χ4n) is 1.89. The second kappa shape index (κ2) is 5.70. The van der Waals surface area contributed by atoms with Gasteiger partial charge in [0.1, 0.15) is 5.69 Å². The third-order valence-corrected chi connectivity index (χ3v) is 2.93. The van der Waals surface area contributed by atoms with Crippen molar-refractivity contribution >= 4 is 17.6 Å². The molecule has 1 aliphatic rings. The summed E-state index contributed by atoms with van der Waals surface area (Å²) in [6.45, 7) is 0.561. The molecule has 1 aromatic rings. The van der Waals surface area contributed by atoms with Gasteiger partial charge in [0.2, 0.25) is 0 Å². The van der Waals surface area contributed by atoms with Gasteiger partial charge in [-0.25, -0.2) is 4.79 Å². The highest BCUT2D eigenvalue weighted by Gasteiger charge is 2.31. The van der Waals surface area contributed by atoms with E-state index in [1.807, 2.05) is 0 Å². The van der Waals surface area contributed by atoms with E-state index >= 15 is 0 Å². The van der Waals surface area contributed by atoms with Gasteiger partial charge < -0.3 is 19.4 Å². The van der Waals surface area contributed by atoms with Crippen molar-refractivity contribution in [2.24, 2.45) is 0 Å². The van der Waals surface area contributed by atoms with E-state index in [2.05, 4.69) is 9.72 Å². The van der Waals surface area contributed by atoms with E-state index in [4.69, 9.17) is 4.74 Å². The number of ether oxygens (including phenoxy) is 2. The Labute approximate surface area is 113 Å². The van der Waals surface area contributed by atoms with Gasteiger partial charge in [0.25, 0.3) is 11.6 Å². The number of aromatic amines is 1. The predicted molar refractivity (Wildman–Crippen MR) is 65.1 cm³/mol. The van der Waals surface area contributed by atoms with Gasteiger partial charge in [0.05, 0.1) is 31.4 Å². The number of nitrogens with zero attached hydrogens (tertiary/aromatic N) is 2. The average Bonchev–Trinajstić information content (AvgIpc) is 2.95. The molecule has 0 bridgehead atoms. The summed E-state index contributed by atoms with van der Waals surface area (Å²) in [6, 6.07) is 1.16. The highest BCUT2D eigenvalue weighted by Crippen LogP contribution is 2.16. The van der Waals surface area contributed by atoms with Crippen molar-refractivity contribution < 1.29 is 24.0 Å². The number of nitrogens with one attached hydrogen (secondary N) is 1. The van der Waals surface area contributed by atoms with Crippen molar-refractivity contribution in [1.29, 1.82) is 0 Å². The molecular formula is C11H13N3O6. The zero-order valence-electron chi connectivity index (χ0n) is 10.7. The van der Waals surface area contributed by atoms with Crippen LogP contribution in [0.3, 0.4) is 0 Å². The van der Waals surface area contributed by atoms with Crippen molar-refractivity contribution in [3.8, 4) is 0 Å². The number of aromatic nitrogens is 1. The molecule has 1 atom stereocenters. The molecule has 0 radical (unpaired) electrons. The Hall–Kier alpha value is -2.42. The van der Waals surface area contributed by atoms with E-state index in [0.29, 0.717) is 6.54 Å². The van der Waals surface area contributed by atoms with Gasteiger partial charge in [-0.15, -0.1) is 0 Å². The van der Waals surface area contributed by atoms with E-state index in [0.717, 1.165) is 12.3 Å². The molecule has 2 rings (SSSR count). The number of carbonyl (C=O) groups is 2. The van der Waals surface area contributed by atoms with Crippen LogP contribution in [0.4, 0.5) is 5.69 Å². The molecule has 1 fully saturated rings. The first kappa shape index (κ1) is 14.0. The topological polar surface area (TPSA) is 115 Å². The second-order valence-electron chi connectivity index (χ2n) is 4.16. The van der Waals surface area contributed by atoms with Crippen LogP contribution in [0.15, 0.2) is 12.3 Å². The Morgan fingerprint density at radius 2 is 2.35 bits per heavy atom. The highest BCUT2D eigenvalue weighted by atomic mass is 16.6. The molecule has 20 heavy (non-hydrogen) atoms. The van der Waals surface area contributed by atoms with Gasteiger partial charge in [0.15, 0.2) is 6.10 Å². The van der Waals surface area contributed by atoms with Gasteiger partial charge >= 0.3 is 5.97 Å². The minimum Gasteiger partial charge on any atom is -0.467 e. The number of methoxy groups -OCH3 is 1. The monoisotopic (exact) mass is 283 g/mol. The van der Waals surface area contributed by atoms with Crippen LogP contribution in [0, 0.1) is 10.1 Å². The number of morpholine rings is 1. The predicted octanol–water partition coefficient (Wildman–Crippen LogP) is -0.0631. The molecule has 2 heterocycles. The Morgan fingerprint density at radius 1 is 1.60 bits per heavy atom. The van der Waals surface area contributed by atoms with Crippen molar-refractivity contribution in [2.45, 2.75) is 6.10 Å². The number of esters is 1. The van der Waals surface area contributed by atoms with Gasteiger partial charge in [-0.1, -0.05) is 0 Å². The van der Waals surface area contributed by atoms with Crippen molar-refractivity contribution in [2.75, 3.05) is 26.8 Å². The summed E-state index contributed by atoms with van der Waals surface area (Å²) in [7, 11) is 1.24. The Balaban J connectivity index is 2.08. The minimum atomic E-state index is -0.831. The maximum atomic E-state index is 12.2. The van der Waals surface area contributed by atoms with Crippen LogP contribution in [-0.2, 0) is 14.3 Å². The standard InChI is InChI=1S/C11H13N3O6/c1-19-11(16)9-6-13(2-3-20-9)10(15)8-4-7(5-12-8)14(17)18/h4-5,9,12H,2-3,6H2,1H3. The Kier molecular flexibility index (Phi) is 3.99. The summed E-state index contributed by atoms with van der Waals surface area (Å²) in [5, 5.41) is 10.6. The molecule has 1 aromatic heterocycles. The molecule has 0 aromatic carbocycles. The fraction of sp³-hybridized carbons (Fsp3) is 0.455. The highest BCUT2D eigenvalue weighted by molar-refractivity contribution is 5.93. The van der Waals surface area contributed by atoms with Crippen LogP contribution in [0.5, 0.6) is 0 Å². The summed E-state index contributed by atoms with van der Waals surface area (Å²) >= 11 is 0.